The molecule has 16 heavy (non-hydrogen) atoms. The number of nitrogens with zero attached hydrogens (tertiary/aromatic N) is 1. The Labute approximate surface area is 90.2 Å². The quantitative estimate of drug-likeness (QED) is 0.811. The van der Waals surface area contributed by atoms with Gasteiger partial charge >= 0.3 is 6.18 Å². The molecule has 0 aliphatic rings. The molecule has 0 heterocycles. The molecule has 0 aromatic heterocycles. The van der Waals surface area contributed by atoms with Crippen molar-refractivity contribution in [2.75, 3.05) is 12.3 Å². The lowest BCUT2D eigenvalue weighted by Gasteiger charge is -2.14. The van der Waals surface area contributed by atoms with Gasteiger partial charge in [0.15, 0.2) is 5.92 Å². The zero-order chi connectivity index (χ0) is 12.2. The summed E-state index contributed by atoms with van der Waals surface area (Å²) in [4.78, 5) is 0. The summed E-state index contributed by atoms with van der Waals surface area (Å²) in [6.07, 6.45) is -4.57. The van der Waals surface area contributed by atoms with Gasteiger partial charge in [0.2, 0.25) is 0 Å². The minimum Gasteiger partial charge on any atom is -0.492 e. The standard InChI is InChI=1S/C10H9F3N2O/c11-10(12,13)7(5-14)6-16-9-3-1-2-8(15)4-9/h1-4,7H,6,15H2. The van der Waals surface area contributed by atoms with E-state index >= 15 is 0 Å². The van der Waals surface area contributed by atoms with Crippen LogP contribution < -0.4 is 10.5 Å². The van der Waals surface area contributed by atoms with Crippen molar-refractivity contribution in [1.29, 1.82) is 5.26 Å². The molecule has 0 fully saturated rings. The maximum Gasteiger partial charge on any atom is 0.407 e. The van der Waals surface area contributed by atoms with Crippen LogP contribution in [0.1, 0.15) is 0 Å². The Kier molecular flexibility index (Phi) is 3.61. The summed E-state index contributed by atoms with van der Waals surface area (Å²) in [5, 5.41) is 8.32. The van der Waals surface area contributed by atoms with E-state index < -0.39 is 18.7 Å². The van der Waals surface area contributed by atoms with Crippen LogP contribution in [0.4, 0.5) is 18.9 Å². The zero-order valence-corrected chi connectivity index (χ0v) is 8.16. The van der Waals surface area contributed by atoms with Crippen molar-refractivity contribution >= 4 is 5.69 Å². The van der Waals surface area contributed by atoms with Gasteiger partial charge in [0.1, 0.15) is 12.4 Å². The highest BCUT2D eigenvalue weighted by atomic mass is 19.4. The van der Waals surface area contributed by atoms with Crippen LogP contribution in [0.3, 0.4) is 0 Å². The molecule has 0 amide bonds. The third kappa shape index (κ3) is 3.35. The van der Waals surface area contributed by atoms with Crippen LogP contribution in [-0.4, -0.2) is 12.8 Å². The van der Waals surface area contributed by atoms with Gasteiger partial charge in [-0.2, -0.15) is 18.4 Å². The largest absolute Gasteiger partial charge is 0.492 e. The van der Waals surface area contributed by atoms with Crippen molar-refractivity contribution in [2.24, 2.45) is 5.92 Å². The van der Waals surface area contributed by atoms with Gasteiger partial charge < -0.3 is 10.5 Å². The fraction of sp³-hybridized carbons (Fsp3) is 0.300. The number of hydrogen-bond acceptors (Lipinski definition) is 3. The SMILES string of the molecule is N#CC(COc1cccc(N)c1)C(F)(F)F. The van der Waals surface area contributed by atoms with Crippen LogP contribution >= 0.6 is 0 Å². The lowest BCUT2D eigenvalue weighted by molar-refractivity contribution is -0.165. The minimum absolute atomic E-state index is 0.213. The summed E-state index contributed by atoms with van der Waals surface area (Å²) in [5.41, 5.74) is 5.80. The highest BCUT2D eigenvalue weighted by Gasteiger charge is 2.40. The molecule has 1 unspecified atom stereocenters. The maximum atomic E-state index is 12.2. The van der Waals surface area contributed by atoms with E-state index in [1.54, 1.807) is 12.1 Å². The lowest BCUT2D eigenvalue weighted by atomic mass is 10.2. The van der Waals surface area contributed by atoms with Gasteiger partial charge in [0, 0.05) is 11.8 Å². The second kappa shape index (κ2) is 4.75. The van der Waals surface area contributed by atoms with Gasteiger partial charge in [-0.3, -0.25) is 0 Å². The van der Waals surface area contributed by atoms with Crippen LogP contribution in [-0.2, 0) is 0 Å². The molecule has 0 saturated heterocycles. The van der Waals surface area contributed by atoms with Gasteiger partial charge in [-0.1, -0.05) is 6.07 Å². The fourth-order valence-electron chi connectivity index (χ4n) is 0.989. The number of nitriles is 1. The minimum atomic E-state index is -4.57. The van der Waals surface area contributed by atoms with Crippen molar-refractivity contribution in [3.63, 3.8) is 0 Å². The van der Waals surface area contributed by atoms with E-state index in [0.717, 1.165) is 6.07 Å². The van der Waals surface area contributed by atoms with Crippen LogP contribution in [0.2, 0.25) is 0 Å². The number of halogens is 3. The molecule has 86 valence electrons. The molecule has 1 aromatic rings. The van der Waals surface area contributed by atoms with Crippen LogP contribution in [0, 0.1) is 17.2 Å². The van der Waals surface area contributed by atoms with E-state index in [4.69, 9.17) is 15.7 Å². The molecule has 0 aliphatic carbocycles. The molecule has 0 bridgehead atoms. The van der Waals surface area contributed by atoms with E-state index in [0.29, 0.717) is 5.69 Å². The number of rotatable bonds is 3. The number of ether oxygens (including phenoxy) is 1. The highest BCUT2D eigenvalue weighted by molar-refractivity contribution is 5.43. The molecule has 6 heteroatoms. The first-order chi connectivity index (χ1) is 7.43. The fourth-order valence-corrected chi connectivity index (χ4v) is 0.989. The molecule has 0 aliphatic heterocycles. The summed E-state index contributed by atoms with van der Waals surface area (Å²) >= 11 is 0. The Morgan fingerprint density at radius 1 is 1.44 bits per heavy atom. The number of nitrogen functional groups attached to an aromatic ring is 1. The van der Waals surface area contributed by atoms with Crippen molar-refractivity contribution in [3.8, 4) is 11.8 Å². The Balaban J connectivity index is 2.61. The first-order valence-corrected chi connectivity index (χ1v) is 4.38. The number of nitrogens with two attached hydrogens (primary N) is 1. The van der Waals surface area contributed by atoms with Crippen LogP contribution in [0.25, 0.3) is 0 Å². The molecule has 1 aromatic carbocycles. The first kappa shape index (κ1) is 12.2. The molecule has 1 rings (SSSR count). The predicted molar refractivity (Wildman–Crippen MR) is 51.5 cm³/mol. The Morgan fingerprint density at radius 3 is 2.62 bits per heavy atom. The number of benzene rings is 1. The number of anilines is 1. The van der Waals surface area contributed by atoms with Crippen LogP contribution in [0.15, 0.2) is 24.3 Å². The van der Waals surface area contributed by atoms with E-state index in [1.807, 2.05) is 0 Å². The van der Waals surface area contributed by atoms with Crippen molar-refractivity contribution in [2.45, 2.75) is 6.18 Å². The summed E-state index contributed by atoms with van der Waals surface area (Å²) in [6.45, 7) is -0.733. The molecule has 0 spiro atoms. The van der Waals surface area contributed by atoms with E-state index in [1.165, 1.54) is 12.1 Å². The summed E-state index contributed by atoms with van der Waals surface area (Å²) in [5.74, 6) is -1.92. The lowest BCUT2D eigenvalue weighted by Crippen LogP contribution is -2.27. The second-order valence-corrected chi connectivity index (χ2v) is 3.11. The van der Waals surface area contributed by atoms with Gasteiger partial charge in [0.25, 0.3) is 0 Å². The van der Waals surface area contributed by atoms with Crippen molar-refractivity contribution in [3.05, 3.63) is 24.3 Å². The second-order valence-electron chi connectivity index (χ2n) is 3.11. The van der Waals surface area contributed by atoms with E-state index in [-0.39, 0.29) is 5.75 Å². The van der Waals surface area contributed by atoms with Gasteiger partial charge in [0.05, 0.1) is 6.07 Å². The van der Waals surface area contributed by atoms with Gasteiger partial charge in [-0.15, -0.1) is 0 Å². The summed E-state index contributed by atoms with van der Waals surface area (Å²) in [6, 6.07) is 7.15. The summed E-state index contributed by atoms with van der Waals surface area (Å²) in [7, 11) is 0. The topological polar surface area (TPSA) is 59.0 Å². The molecule has 3 nitrogen and oxygen atoms in total. The molecule has 0 radical (unpaired) electrons. The Bertz CT molecular complexity index is 398. The van der Waals surface area contributed by atoms with Crippen molar-refractivity contribution in [1.82, 2.24) is 0 Å². The Hall–Kier alpha value is -1.90. The van der Waals surface area contributed by atoms with Crippen molar-refractivity contribution < 1.29 is 17.9 Å². The molecule has 0 saturated carbocycles. The number of hydrogen-bond donors (Lipinski definition) is 1. The average molecular weight is 230 g/mol. The van der Waals surface area contributed by atoms with Crippen LogP contribution in [0.5, 0.6) is 5.75 Å². The zero-order valence-electron chi connectivity index (χ0n) is 8.16. The smallest absolute Gasteiger partial charge is 0.407 e. The Morgan fingerprint density at radius 2 is 2.12 bits per heavy atom. The predicted octanol–water partition coefficient (Wildman–Crippen LogP) is 2.35. The van der Waals surface area contributed by atoms with Gasteiger partial charge in [-0.25, -0.2) is 0 Å². The first-order valence-electron chi connectivity index (χ1n) is 4.38. The number of alkyl halides is 3. The molecular weight excluding hydrogens is 221 g/mol. The van der Waals surface area contributed by atoms with E-state index in [2.05, 4.69) is 0 Å². The third-order valence-electron chi connectivity index (χ3n) is 1.83. The molecule has 2 N–H and O–H groups in total. The molecular formula is C10H9F3N2O. The summed E-state index contributed by atoms with van der Waals surface area (Å²) < 4.78 is 41.4. The average Bonchev–Trinajstić information content (AvgIpc) is 2.16. The van der Waals surface area contributed by atoms with E-state index in [9.17, 15) is 13.2 Å². The maximum absolute atomic E-state index is 12.2. The third-order valence-corrected chi connectivity index (χ3v) is 1.83. The highest BCUT2D eigenvalue weighted by Crippen LogP contribution is 2.26. The normalized spacial score (nSPS) is 12.9. The van der Waals surface area contributed by atoms with Gasteiger partial charge in [-0.05, 0) is 12.1 Å². The molecule has 1 atom stereocenters. The monoisotopic (exact) mass is 230 g/mol.